The largest absolute Gasteiger partial charge is 0.249 e. The van der Waals surface area contributed by atoms with Gasteiger partial charge in [0.25, 0.3) is 0 Å². The van der Waals surface area contributed by atoms with Crippen LogP contribution < -0.4 is 0 Å². The number of hydrogen-bond acceptors (Lipinski definition) is 4. The molecule has 0 aromatic carbocycles. The standard InChI is InChI=1S/C6H12O4/c7-9-6(10-8)5-3-1-2-4-5/h5-8H,1-4H2. The molecule has 0 atom stereocenters. The molecule has 0 radical (unpaired) electrons. The molecular weight excluding hydrogens is 136 g/mol. The first-order chi connectivity index (χ1) is 4.88. The summed E-state index contributed by atoms with van der Waals surface area (Å²) in [7, 11) is 0. The van der Waals surface area contributed by atoms with Gasteiger partial charge in [0.1, 0.15) is 0 Å². The molecule has 4 nitrogen and oxygen atoms in total. The van der Waals surface area contributed by atoms with E-state index in [0.29, 0.717) is 0 Å². The van der Waals surface area contributed by atoms with Gasteiger partial charge in [-0.25, -0.2) is 20.3 Å². The zero-order valence-corrected chi connectivity index (χ0v) is 5.69. The second-order valence-corrected chi connectivity index (χ2v) is 2.62. The van der Waals surface area contributed by atoms with E-state index < -0.39 is 6.29 Å². The van der Waals surface area contributed by atoms with Gasteiger partial charge in [-0.2, -0.15) is 0 Å². The summed E-state index contributed by atoms with van der Waals surface area (Å²) >= 11 is 0. The van der Waals surface area contributed by atoms with E-state index >= 15 is 0 Å². The summed E-state index contributed by atoms with van der Waals surface area (Å²) in [4.78, 5) is 7.82. The van der Waals surface area contributed by atoms with Crippen LogP contribution in [0.25, 0.3) is 0 Å². The van der Waals surface area contributed by atoms with Crippen molar-refractivity contribution in [2.45, 2.75) is 32.0 Å². The Bertz CT molecular complexity index is 85.7. The number of hydrogen-bond donors (Lipinski definition) is 2. The molecule has 1 saturated carbocycles. The summed E-state index contributed by atoms with van der Waals surface area (Å²) in [6.07, 6.45) is 3.29. The molecule has 0 aromatic heterocycles. The fraction of sp³-hybridized carbons (Fsp3) is 1.00. The molecule has 0 saturated heterocycles. The Morgan fingerprint density at radius 2 is 1.60 bits per heavy atom. The van der Waals surface area contributed by atoms with Gasteiger partial charge in [0.15, 0.2) is 0 Å². The molecule has 2 N–H and O–H groups in total. The summed E-state index contributed by atoms with van der Waals surface area (Å²) < 4.78 is 0. The third-order valence-electron chi connectivity index (χ3n) is 1.99. The Morgan fingerprint density at radius 1 is 1.10 bits per heavy atom. The van der Waals surface area contributed by atoms with Crippen molar-refractivity contribution in [3.05, 3.63) is 0 Å². The molecule has 1 fully saturated rings. The molecule has 4 heteroatoms. The van der Waals surface area contributed by atoms with Gasteiger partial charge in [0.05, 0.1) is 0 Å². The Morgan fingerprint density at radius 3 is 2.00 bits per heavy atom. The maximum Gasteiger partial charge on any atom is 0.226 e. The van der Waals surface area contributed by atoms with Crippen LogP contribution in [-0.2, 0) is 9.78 Å². The topological polar surface area (TPSA) is 58.9 Å². The highest BCUT2D eigenvalue weighted by atomic mass is 17.2. The first-order valence-corrected chi connectivity index (χ1v) is 3.49. The molecule has 1 aliphatic carbocycles. The lowest BCUT2D eigenvalue weighted by Crippen LogP contribution is -2.22. The van der Waals surface area contributed by atoms with Gasteiger partial charge in [-0.15, -0.1) is 0 Å². The molecule has 0 bridgehead atoms. The van der Waals surface area contributed by atoms with Crippen LogP contribution in [0.5, 0.6) is 0 Å². The molecule has 1 aliphatic rings. The predicted molar refractivity (Wildman–Crippen MR) is 33.2 cm³/mol. The highest BCUT2D eigenvalue weighted by Crippen LogP contribution is 2.28. The third-order valence-corrected chi connectivity index (χ3v) is 1.99. The normalized spacial score (nSPS) is 20.7. The molecule has 60 valence electrons. The molecule has 0 unspecified atom stereocenters. The highest BCUT2D eigenvalue weighted by molar-refractivity contribution is 4.68. The van der Waals surface area contributed by atoms with Gasteiger partial charge in [0, 0.05) is 5.92 Å². The molecule has 10 heavy (non-hydrogen) atoms. The molecule has 0 spiro atoms. The van der Waals surface area contributed by atoms with E-state index in [2.05, 4.69) is 9.78 Å². The van der Waals surface area contributed by atoms with Crippen molar-refractivity contribution in [1.29, 1.82) is 0 Å². The second-order valence-electron chi connectivity index (χ2n) is 2.62. The quantitative estimate of drug-likeness (QED) is 0.361. The smallest absolute Gasteiger partial charge is 0.226 e. The van der Waals surface area contributed by atoms with Gasteiger partial charge in [0.2, 0.25) is 6.29 Å². The minimum absolute atomic E-state index is 0.148. The Kier molecular flexibility index (Phi) is 3.08. The fourth-order valence-electron chi connectivity index (χ4n) is 1.42. The average molecular weight is 148 g/mol. The minimum atomic E-state index is -0.845. The lowest BCUT2D eigenvalue weighted by Gasteiger charge is -2.15. The first kappa shape index (κ1) is 7.94. The summed E-state index contributed by atoms with van der Waals surface area (Å²) in [6, 6.07) is 0. The number of rotatable bonds is 3. The van der Waals surface area contributed by atoms with E-state index in [4.69, 9.17) is 10.5 Å². The Labute approximate surface area is 59.2 Å². The van der Waals surface area contributed by atoms with E-state index in [1.165, 1.54) is 0 Å². The van der Waals surface area contributed by atoms with Gasteiger partial charge in [-0.1, -0.05) is 12.8 Å². The van der Waals surface area contributed by atoms with Crippen LogP contribution in [0.3, 0.4) is 0 Å². The van der Waals surface area contributed by atoms with Crippen LogP contribution in [0, 0.1) is 5.92 Å². The first-order valence-electron chi connectivity index (χ1n) is 3.49. The van der Waals surface area contributed by atoms with E-state index in [-0.39, 0.29) is 5.92 Å². The molecule has 0 heterocycles. The molecular formula is C6H12O4. The van der Waals surface area contributed by atoms with Crippen molar-refractivity contribution in [1.82, 2.24) is 0 Å². The van der Waals surface area contributed by atoms with Crippen LogP contribution in [0.2, 0.25) is 0 Å². The Hall–Kier alpha value is -0.160. The molecule has 1 rings (SSSR count). The molecule has 0 aliphatic heterocycles. The summed E-state index contributed by atoms with van der Waals surface area (Å²) in [6.45, 7) is 0. The van der Waals surface area contributed by atoms with Crippen LogP contribution in [0.4, 0.5) is 0 Å². The SMILES string of the molecule is OOC(OO)C1CCCC1. The maximum absolute atomic E-state index is 8.20. The maximum atomic E-state index is 8.20. The minimum Gasteiger partial charge on any atom is -0.249 e. The van der Waals surface area contributed by atoms with Crippen molar-refractivity contribution in [3.8, 4) is 0 Å². The van der Waals surface area contributed by atoms with Gasteiger partial charge in [-0.05, 0) is 12.8 Å². The van der Waals surface area contributed by atoms with Crippen molar-refractivity contribution >= 4 is 0 Å². The van der Waals surface area contributed by atoms with Gasteiger partial charge < -0.3 is 0 Å². The van der Waals surface area contributed by atoms with E-state index in [0.717, 1.165) is 25.7 Å². The predicted octanol–water partition coefficient (Wildman–Crippen LogP) is 1.48. The van der Waals surface area contributed by atoms with Crippen LogP contribution in [0.1, 0.15) is 25.7 Å². The van der Waals surface area contributed by atoms with E-state index in [9.17, 15) is 0 Å². The molecule has 0 aromatic rings. The Balaban J connectivity index is 2.29. The van der Waals surface area contributed by atoms with Crippen LogP contribution in [0.15, 0.2) is 0 Å². The van der Waals surface area contributed by atoms with Crippen LogP contribution >= 0.6 is 0 Å². The lowest BCUT2D eigenvalue weighted by molar-refractivity contribution is -0.443. The third kappa shape index (κ3) is 1.67. The van der Waals surface area contributed by atoms with Crippen molar-refractivity contribution < 1.29 is 20.3 Å². The monoisotopic (exact) mass is 148 g/mol. The fourth-order valence-corrected chi connectivity index (χ4v) is 1.42. The van der Waals surface area contributed by atoms with Crippen LogP contribution in [-0.4, -0.2) is 16.8 Å². The average Bonchev–Trinajstić information content (AvgIpc) is 2.43. The summed E-state index contributed by atoms with van der Waals surface area (Å²) in [5.41, 5.74) is 0. The zero-order valence-electron chi connectivity index (χ0n) is 5.69. The lowest BCUT2D eigenvalue weighted by atomic mass is 10.1. The summed E-state index contributed by atoms with van der Waals surface area (Å²) in [5, 5.41) is 16.4. The second kappa shape index (κ2) is 3.88. The molecule has 0 amide bonds. The highest BCUT2D eigenvalue weighted by Gasteiger charge is 2.26. The van der Waals surface area contributed by atoms with Crippen molar-refractivity contribution in [3.63, 3.8) is 0 Å². The van der Waals surface area contributed by atoms with Crippen molar-refractivity contribution in [2.24, 2.45) is 5.92 Å². The summed E-state index contributed by atoms with van der Waals surface area (Å²) in [5.74, 6) is 0.148. The van der Waals surface area contributed by atoms with Gasteiger partial charge >= 0.3 is 0 Å². The van der Waals surface area contributed by atoms with E-state index in [1.54, 1.807) is 0 Å². The zero-order chi connectivity index (χ0) is 7.40. The van der Waals surface area contributed by atoms with Gasteiger partial charge in [-0.3, -0.25) is 0 Å². The van der Waals surface area contributed by atoms with Crippen molar-refractivity contribution in [2.75, 3.05) is 0 Å². The van der Waals surface area contributed by atoms with E-state index in [1.807, 2.05) is 0 Å².